The molecule has 0 atom stereocenters. The first-order chi connectivity index (χ1) is 17.1. The fourth-order valence-corrected chi connectivity index (χ4v) is 4.49. The molecule has 0 amide bonds. The number of piperazine rings is 1. The van der Waals surface area contributed by atoms with Crippen LogP contribution in [-0.4, -0.2) is 77.5 Å². The van der Waals surface area contributed by atoms with Crippen molar-refractivity contribution in [3.63, 3.8) is 0 Å². The van der Waals surface area contributed by atoms with Crippen LogP contribution in [0.4, 0.5) is 5.82 Å². The molecule has 2 fully saturated rings. The lowest BCUT2D eigenvalue weighted by molar-refractivity contribution is 0.214. The molecule has 2 aromatic heterocycles. The highest BCUT2D eigenvalue weighted by atomic mass is 16.5. The maximum absolute atomic E-state index is 6.00. The molecule has 1 aromatic carbocycles. The lowest BCUT2D eigenvalue weighted by atomic mass is 9.83. The van der Waals surface area contributed by atoms with Gasteiger partial charge in [0.2, 0.25) is 0 Å². The van der Waals surface area contributed by atoms with E-state index in [-0.39, 0.29) is 6.73 Å². The number of aryl methyl sites for hydroxylation is 1. The summed E-state index contributed by atoms with van der Waals surface area (Å²) in [5.41, 5.74) is 3.41. The second kappa shape index (κ2) is 10.4. The number of amidine groups is 1. The number of ether oxygens (including phenoxy) is 1. The van der Waals surface area contributed by atoms with Gasteiger partial charge in [-0.25, -0.2) is 9.98 Å². The van der Waals surface area contributed by atoms with Gasteiger partial charge in [-0.15, -0.1) is 0 Å². The van der Waals surface area contributed by atoms with Crippen LogP contribution < -0.4 is 10.1 Å². The zero-order chi connectivity index (χ0) is 24.2. The summed E-state index contributed by atoms with van der Waals surface area (Å²) in [6.45, 7) is 9.76. The van der Waals surface area contributed by atoms with E-state index in [9.17, 15) is 0 Å². The Morgan fingerprint density at radius 3 is 2.80 bits per heavy atom. The number of likely N-dealkylation sites (N-methyl/N-ethyl adjacent to an activating group) is 1. The maximum atomic E-state index is 6.00. The number of aromatic amines is 2. The van der Waals surface area contributed by atoms with Crippen LogP contribution in [-0.2, 0) is 0 Å². The molecule has 3 heterocycles. The molecule has 0 spiro atoms. The van der Waals surface area contributed by atoms with Crippen LogP contribution in [0.25, 0.3) is 10.9 Å². The van der Waals surface area contributed by atoms with Crippen molar-refractivity contribution < 1.29 is 4.74 Å². The van der Waals surface area contributed by atoms with E-state index in [2.05, 4.69) is 68.1 Å². The third-order valence-electron chi connectivity index (χ3n) is 6.85. The van der Waals surface area contributed by atoms with Gasteiger partial charge in [0.1, 0.15) is 17.4 Å². The number of hydrogen-bond acceptors (Lipinski definition) is 6. The van der Waals surface area contributed by atoms with E-state index in [0.717, 1.165) is 60.2 Å². The van der Waals surface area contributed by atoms with Crippen LogP contribution in [0.3, 0.4) is 0 Å². The molecule has 2 aliphatic rings. The summed E-state index contributed by atoms with van der Waals surface area (Å²) in [7, 11) is 2.14. The molecule has 35 heavy (non-hydrogen) atoms. The number of hydrogen-bond donors (Lipinski definition) is 3. The van der Waals surface area contributed by atoms with Crippen molar-refractivity contribution in [1.29, 1.82) is 0 Å². The highest BCUT2D eigenvalue weighted by Crippen LogP contribution is 2.36. The van der Waals surface area contributed by atoms with Gasteiger partial charge in [-0.2, -0.15) is 5.10 Å². The Hall–Kier alpha value is -3.59. The normalized spacial score (nSPS) is 18.1. The molecule has 1 saturated heterocycles. The summed E-state index contributed by atoms with van der Waals surface area (Å²) in [4.78, 5) is 16.9. The Labute approximate surface area is 206 Å². The van der Waals surface area contributed by atoms with E-state index in [1.165, 1.54) is 25.0 Å². The van der Waals surface area contributed by atoms with Crippen LogP contribution >= 0.6 is 0 Å². The minimum atomic E-state index is 0.214. The number of aliphatic imine (C=N–C) groups is 2. The molecule has 9 heteroatoms. The average Bonchev–Trinajstić information content (AvgIpc) is 3.42. The van der Waals surface area contributed by atoms with Crippen LogP contribution in [0.2, 0.25) is 0 Å². The summed E-state index contributed by atoms with van der Waals surface area (Å²) < 4.78 is 6.00. The van der Waals surface area contributed by atoms with E-state index in [1.807, 2.05) is 24.3 Å². The molecule has 1 aliphatic heterocycles. The van der Waals surface area contributed by atoms with Crippen LogP contribution in [0, 0.1) is 6.92 Å². The lowest BCUT2D eigenvalue weighted by Gasteiger charge is -2.33. The number of nitrogens with zero attached hydrogens (tertiary/aromatic N) is 5. The van der Waals surface area contributed by atoms with Gasteiger partial charge < -0.3 is 24.8 Å². The Kier molecular flexibility index (Phi) is 6.85. The fourth-order valence-electron chi connectivity index (χ4n) is 4.49. The fraction of sp³-hybridized carbons (Fsp3) is 0.423. The zero-order valence-corrected chi connectivity index (χ0v) is 20.5. The molecule has 5 rings (SSSR count). The summed E-state index contributed by atoms with van der Waals surface area (Å²) in [5.74, 6) is 3.56. The summed E-state index contributed by atoms with van der Waals surface area (Å²) in [6.07, 6.45) is 5.66. The van der Waals surface area contributed by atoms with Crippen molar-refractivity contribution in [2.24, 2.45) is 9.98 Å². The molecule has 3 N–H and O–H groups in total. The summed E-state index contributed by atoms with van der Waals surface area (Å²) >= 11 is 0. The highest BCUT2D eigenvalue weighted by Gasteiger charge is 2.22. The molecule has 0 radical (unpaired) electrons. The SMILES string of the molecule is C=N/C(=C\C(=N/COc1ccc2[nH]c(C)cc2c1)N1CCN(C)CC1)Nc1cc(C2CCC2)[nH]n1. The predicted octanol–water partition coefficient (Wildman–Crippen LogP) is 4.10. The molecule has 1 saturated carbocycles. The Morgan fingerprint density at radius 1 is 1.23 bits per heavy atom. The number of H-pyrrole nitrogens is 2. The predicted molar refractivity (Wildman–Crippen MR) is 141 cm³/mol. The Morgan fingerprint density at radius 2 is 2.06 bits per heavy atom. The zero-order valence-electron chi connectivity index (χ0n) is 20.5. The maximum Gasteiger partial charge on any atom is 0.181 e. The van der Waals surface area contributed by atoms with Crippen molar-refractivity contribution in [3.8, 4) is 5.75 Å². The number of anilines is 1. The first kappa shape index (κ1) is 23.2. The molecule has 0 bridgehead atoms. The van der Waals surface area contributed by atoms with Gasteiger partial charge >= 0.3 is 0 Å². The average molecular weight is 475 g/mol. The molecule has 9 nitrogen and oxygen atoms in total. The van der Waals surface area contributed by atoms with E-state index in [1.54, 1.807) is 0 Å². The molecule has 1 aliphatic carbocycles. The molecular formula is C26H34N8O. The summed E-state index contributed by atoms with van der Waals surface area (Å²) in [6, 6.07) is 10.2. The number of aromatic nitrogens is 3. The molecular weight excluding hydrogens is 440 g/mol. The first-order valence-electron chi connectivity index (χ1n) is 12.3. The highest BCUT2D eigenvalue weighted by molar-refractivity contribution is 5.94. The van der Waals surface area contributed by atoms with Crippen LogP contribution in [0.15, 0.2) is 52.2 Å². The second-order valence-electron chi connectivity index (χ2n) is 9.43. The van der Waals surface area contributed by atoms with Crippen molar-refractivity contribution in [2.75, 3.05) is 45.3 Å². The van der Waals surface area contributed by atoms with Crippen molar-refractivity contribution in [1.82, 2.24) is 25.0 Å². The van der Waals surface area contributed by atoms with E-state index < -0.39 is 0 Å². The van der Waals surface area contributed by atoms with Gasteiger partial charge in [0, 0.05) is 66.5 Å². The van der Waals surface area contributed by atoms with Gasteiger partial charge in [-0.1, -0.05) is 6.42 Å². The minimum absolute atomic E-state index is 0.214. The third-order valence-corrected chi connectivity index (χ3v) is 6.85. The molecule has 3 aromatic rings. The van der Waals surface area contributed by atoms with Gasteiger partial charge in [-0.3, -0.25) is 5.10 Å². The van der Waals surface area contributed by atoms with E-state index in [4.69, 9.17) is 9.73 Å². The smallest absolute Gasteiger partial charge is 0.181 e. The Bertz CT molecular complexity index is 1230. The summed E-state index contributed by atoms with van der Waals surface area (Å²) in [5, 5.41) is 12.0. The van der Waals surface area contributed by atoms with Crippen molar-refractivity contribution in [3.05, 3.63) is 53.6 Å². The number of benzene rings is 1. The topological polar surface area (TPSA) is 96.9 Å². The molecule has 184 valence electrons. The van der Waals surface area contributed by atoms with E-state index >= 15 is 0 Å². The molecule has 0 unspecified atom stereocenters. The Balaban J connectivity index is 1.31. The van der Waals surface area contributed by atoms with Crippen molar-refractivity contribution >= 4 is 29.3 Å². The number of rotatable bonds is 8. The second-order valence-corrected chi connectivity index (χ2v) is 9.43. The quantitative estimate of drug-likeness (QED) is 0.337. The van der Waals surface area contributed by atoms with Gasteiger partial charge in [0.05, 0.1) is 0 Å². The lowest BCUT2D eigenvalue weighted by Crippen LogP contribution is -2.47. The standard InChI is InChI=1S/C26H34N8O/c1-18-13-20-14-21(7-8-22(20)29-18)35-17-28-26(34-11-9-33(3)10-12-34)16-24(27-2)30-25-15-23(31-32-25)19-5-4-6-19/h7-8,13-16,19,29H,2,4-6,9-12,17H2,1,3H3,(H2,30,31,32)/b24-16+,28-26+. The van der Waals surface area contributed by atoms with Crippen LogP contribution in [0.1, 0.15) is 36.6 Å². The number of nitrogens with one attached hydrogen (secondary N) is 3. The first-order valence-corrected chi connectivity index (χ1v) is 12.3. The van der Waals surface area contributed by atoms with Gasteiger partial charge in [-0.05, 0) is 57.8 Å². The van der Waals surface area contributed by atoms with E-state index in [0.29, 0.717) is 11.7 Å². The monoisotopic (exact) mass is 474 g/mol. The van der Waals surface area contributed by atoms with Crippen molar-refractivity contribution in [2.45, 2.75) is 32.1 Å². The largest absolute Gasteiger partial charge is 0.471 e. The van der Waals surface area contributed by atoms with Gasteiger partial charge in [0.15, 0.2) is 12.5 Å². The van der Waals surface area contributed by atoms with Crippen LogP contribution in [0.5, 0.6) is 5.75 Å². The number of fused-ring (bicyclic) bond motifs is 1. The van der Waals surface area contributed by atoms with Gasteiger partial charge in [0.25, 0.3) is 0 Å². The third kappa shape index (κ3) is 5.57. The minimum Gasteiger partial charge on any atom is -0.471 e.